The molecule has 1 aromatic carbocycles. The summed E-state index contributed by atoms with van der Waals surface area (Å²) in [7, 11) is 0. The van der Waals surface area contributed by atoms with E-state index in [-0.39, 0.29) is 17.2 Å². The Balaban J connectivity index is 1.78. The van der Waals surface area contributed by atoms with Crippen molar-refractivity contribution in [2.24, 2.45) is 0 Å². The van der Waals surface area contributed by atoms with E-state index in [4.69, 9.17) is 11.6 Å². The van der Waals surface area contributed by atoms with Crippen molar-refractivity contribution < 1.29 is 4.79 Å². The lowest BCUT2D eigenvalue weighted by Crippen LogP contribution is -2.23. The number of carbonyl (C=O) groups excluding carboxylic acids is 1. The number of amides is 1. The van der Waals surface area contributed by atoms with Crippen LogP contribution in [0, 0.1) is 0 Å². The molecule has 25 heavy (non-hydrogen) atoms. The summed E-state index contributed by atoms with van der Waals surface area (Å²) >= 11 is 8.52. The molecule has 0 aliphatic heterocycles. The maximum Gasteiger partial charge on any atom is 0.263 e. The van der Waals surface area contributed by atoms with Gasteiger partial charge in [-0.15, -0.1) is 17.9 Å². The first-order valence-electron chi connectivity index (χ1n) is 7.35. The number of nitrogens with one attached hydrogen (secondary N) is 1. The average molecular weight is 392 g/mol. The van der Waals surface area contributed by atoms with E-state index < -0.39 is 0 Å². The van der Waals surface area contributed by atoms with Gasteiger partial charge in [0.2, 0.25) is 5.91 Å². The van der Waals surface area contributed by atoms with Crippen molar-refractivity contribution in [3.8, 4) is 0 Å². The topological polar surface area (TPSA) is 64.0 Å². The lowest BCUT2D eigenvalue weighted by atomic mass is 10.3. The molecule has 0 radical (unpaired) electrons. The van der Waals surface area contributed by atoms with Crippen LogP contribution in [0.2, 0.25) is 5.02 Å². The van der Waals surface area contributed by atoms with Crippen molar-refractivity contribution in [2.75, 3.05) is 11.1 Å². The summed E-state index contributed by atoms with van der Waals surface area (Å²) in [5, 5.41) is 6.24. The molecule has 3 aromatic rings. The number of allylic oxidation sites excluding steroid dienone is 1. The molecule has 0 aliphatic rings. The molecule has 5 nitrogen and oxygen atoms in total. The molecular weight excluding hydrogens is 378 g/mol. The summed E-state index contributed by atoms with van der Waals surface area (Å²) in [4.78, 5) is 29.9. The normalized spacial score (nSPS) is 10.8. The van der Waals surface area contributed by atoms with E-state index in [1.807, 2.05) is 5.38 Å². The van der Waals surface area contributed by atoms with Gasteiger partial charge in [-0.05, 0) is 29.6 Å². The molecule has 0 aliphatic carbocycles. The smallest absolute Gasteiger partial charge is 0.263 e. The van der Waals surface area contributed by atoms with Gasteiger partial charge < -0.3 is 5.32 Å². The molecular formula is C17H14ClN3O2S2. The van der Waals surface area contributed by atoms with Crippen LogP contribution in [0.3, 0.4) is 0 Å². The molecule has 8 heteroatoms. The van der Waals surface area contributed by atoms with Crippen LogP contribution in [0.5, 0.6) is 0 Å². The molecule has 0 saturated carbocycles. The van der Waals surface area contributed by atoms with E-state index in [9.17, 15) is 9.59 Å². The zero-order valence-corrected chi connectivity index (χ0v) is 15.5. The van der Waals surface area contributed by atoms with Crippen molar-refractivity contribution in [1.82, 2.24) is 9.55 Å². The van der Waals surface area contributed by atoms with Gasteiger partial charge in [-0.25, -0.2) is 4.98 Å². The molecule has 0 spiro atoms. The molecule has 128 valence electrons. The highest BCUT2D eigenvalue weighted by molar-refractivity contribution is 7.99. The summed E-state index contributed by atoms with van der Waals surface area (Å²) in [6.07, 6.45) is 1.64. The van der Waals surface area contributed by atoms with Crippen molar-refractivity contribution >= 4 is 56.5 Å². The van der Waals surface area contributed by atoms with Crippen LogP contribution in [-0.2, 0) is 11.3 Å². The van der Waals surface area contributed by atoms with Crippen LogP contribution < -0.4 is 10.9 Å². The van der Waals surface area contributed by atoms with E-state index in [0.29, 0.717) is 32.6 Å². The largest absolute Gasteiger partial charge is 0.325 e. The lowest BCUT2D eigenvalue weighted by Gasteiger charge is -2.10. The second-order valence-corrected chi connectivity index (χ2v) is 7.36. The number of fused-ring (bicyclic) bond motifs is 1. The summed E-state index contributed by atoms with van der Waals surface area (Å²) < 4.78 is 1.53. The standard InChI is InChI=1S/C17H14ClN3O2S2/c1-2-7-21-16(23)13-6-8-24-15(13)20-17(21)25-10-14(22)19-12-5-3-4-11(18)9-12/h2-6,8-9H,1,7,10H2,(H,19,22). The van der Waals surface area contributed by atoms with Gasteiger partial charge in [-0.2, -0.15) is 0 Å². The van der Waals surface area contributed by atoms with Crippen LogP contribution in [-0.4, -0.2) is 21.2 Å². The number of hydrogen-bond donors (Lipinski definition) is 1. The van der Waals surface area contributed by atoms with Gasteiger partial charge in [0.05, 0.1) is 11.1 Å². The number of benzene rings is 1. The van der Waals surface area contributed by atoms with Crippen LogP contribution in [0.1, 0.15) is 0 Å². The zero-order valence-electron chi connectivity index (χ0n) is 13.1. The second kappa shape index (κ2) is 7.86. The Bertz CT molecular complexity index is 997. The van der Waals surface area contributed by atoms with E-state index >= 15 is 0 Å². The van der Waals surface area contributed by atoms with E-state index in [1.54, 1.807) is 36.4 Å². The van der Waals surface area contributed by atoms with Gasteiger partial charge in [-0.1, -0.05) is 35.5 Å². The highest BCUT2D eigenvalue weighted by atomic mass is 35.5. The van der Waals surface area contributed by atoms with Gasteiger partial charge in [-0.3, -0.25) is 14.2 Å². The number of nitrogens with zero attached hydrogens (tertiary/aromatic N) is 2. The van der Waals surface area contributed by atoms with E-state index in [2.05, 4.69) is 16.9 Å². The number of thioether (sulfide) groups is 1. The Hall–Kier alpha value is -2.09. The maximum absolute atomic E-state index is 12.5. The molecule has 2 aromatic heterocycles. The van der Waals surface area contributed by atoms with Gasteiger partial charge in [0.25, 0.3) is 5.56 Å². The second-order valence-electron chi connectivity index (χ2n) is 5.09. The fourth-order valence-electron chi connectivity index (χ4n) is 2.22. The van der Waals surface area contributed by atoms with Crippen molar-refractivity contribution in [2.45, 2.75) is 11.7 Å². The van der Waals surface area contributed by atoms with Crippen LogP contribution in [0.4, 0.5) is 5.69 Å². The first kappa shape index (κ1) is 17.7. The molecule has 0 fully saturated rings. The Kier molecular flexibility index (Phi) is 5.57. The predicted octanol–water partition coefficient (Wildman–Crippen LogP) is 4.03. The Morgan fingerprint density at radius 2 is 2.28 bits per heavy atom. The van der Waals surface area contributed by atoms with Gasteiger partial charge in [0, 0.05) is 17.3 Å². The Labute approximate surface area is 157 Å². The lowest BCUT2D eigenvalue weighted by molar-refractivity contribution is -0.113. The molecule has 1 amide bonds. The summed E-state index contributed by atoms with van der Waals surface area (Å²) in [5.41, 5.74) is 0.507. The number of carbonyl (C=O) groups is 1. The average Bonchev–Trinajstić information content (AvgIpc) is 3.05. The summed E-state index contributed by atoms with van der Waals surface area (Å²) in [6.45, 7) is 4.02. The number of hydrogen-bond acceptors (Lipinski definition) is 5. The fourth-order valence-corrected chi connectivity index (χ4v) is 4.03. The quantitative estimate of drug-likeness (QED) is 0.391. The van der Waals surface area contributed by atoms with Gasteiger partial charge in [0.15, 0.2) is 5.16 Å². The van der Waals surface area contributed by atoms with Crippen molar-refractivity contribution in [3.05, 3.63) is 63.7 Å². The fraction of sp³-hybridized carbons (Fsp3) is 0.118. The van der Waals surface area contributed by atoms with Gasteiger partial charge in [0.1, 0.15) is 4.83 Å². The third kappa shape index (κ3) is 4.12. The predicted molar refractivity (Wildman–Crippen MR) is 105 cm³/mol. The van der Waals surface area contributed by atoms with Crippen LogP contribution in [0.15, 0.2) is 58.3 Å². The summed E-state index contributed by atoms with van der Waals surface area (Å²) in [6, 6.07) is 8.69. The van der Waals surface area contributed by atoms with Crippen molar-refractivity contribution in [3.63, 3.8) is 0 Å². The highest BCUT2D eigenvalue weighted by Crippen LogP contribution is 2.22. The van der Waals surface area contributed by atoms with Crippen molar-refractivity contribution in [1.29, 1.82) is 0 Å². The third-order valence-corrected chi connectivity index (χ3v) is 5.32. The summed E-state index contributed by atoms with van der Waals surface area (Å²) in [5.74, 6) is -0.0644. The van der Waals surface area contributed by atoms with E-state index in [0.717, 1.165) is 0 Å². The zero-order chi connectivity index (χ0) is 17.8. The monoisotopic (exact) mass is 391 g/mol. The van der Waals surface area contributed by atoms with E-state index in [1.165, 1.54) is 27.7 Å². The minimum atomic E-state index is -0.196. The minimum Gasteiger partial charge on any atom is -0.325 e. The number of rotatable bonds is 6. The molecule has 0 saturated heterocycles. The molecule has 1 N–H and O–H groups in total. The SMILES string of the molecule is C=CCn1c(SCC(=O)Nc2cccc(Cl)c2)nc2sccc2c1=O. The van der Waals surface area contributed by atoms with Gasteiger partial charge >= 0.3 is 0 Å². The third-order valence-electron chi connectivity index (χ3n) is 3.30. The maximum atomic E-state index is 12.5. The van der Waals surface area contributed by atoms with Crippen LogP contribution >= 0.6 is 34.7 Å². The number of aromatic nitrogens is 2. The number of thiophene rings is 1. The number of anilines is 1. The van der Waals surface area contributed by atoms with Crippen LogP contribution in [0.25, 0.3) is 10.2 Å². The molecule has 0 atom stereocenters. The molecule has 3 rings (SSSR count). The highest BCUT2D eigenvalue weighted by Gasteiger charge is 2.13. The molecule has 0 bridgehead atoms. The molecule has 0 unspecified atom stereocenters. The molecule has 2 heterocycles. The first-order valence-corrected chi connectivity index (χ1v) is 9.60. The Morgan fingerprint density at radius 3 is 3.04 bits per heavy atom. The first-order chi connectivity index (χ1) is 12.1. The Morgan fingerprint density at radius 1 is 1.44 bits per heavy atom. The number of halogens is 1. The minimum absolute atomic E-state index is 0.121.